The van der Waals surface area contributed by atoms with Crippen LogP contribution in [-0.4, -0.2) is 51.2 Å². The molecule has 2 amide bonds. The van der Waals surface area contributed by atoms with Gasteiger partial charge in [0.15, 0.2) is 5.69 Å². The number of primary amides is 1. The van der Waals surface area contributed by atoms with Crippen molar-refractivity contribution in [1.29, 1.82) is 0 Å². The van der Waals surface area contributed by atoms with Crippen LogP contribution in [0.4, 0.5) is 13.2 Å². The number of pyridine rings is 1. The zero-order chi connectivity index (χ0) is 29.8. The van der Waals surface area contributed by atoms with Crippen molar-refractivity contribution in [2.45, 2.75) is 32.9 Å². The van der Waals surface area contributed by atoms with Crippen LogP contribution >= 0.6 is 0 Å². The minimum absolute atomic E-state index is 0.0209. The van der Waals surface area contributed by atoms with E-state index in [1.165, 1.54) is 34.9 Å². The largest absolute Gasteiger partial charge is 0.496 e. The number of hydrogen-bond donors (Lipinski definition) is 1. The van der Waals surface area contributed by atoms with E-state index in [9.17, 15) is 18.4 Å². The molecule has 0 saturated carbocycles. The summed E-state index contributed by atoms with van der Waals surface area (Å²) in [6, 6.07) is 7.13. The summed E-state index contributed by atoms with van der Waals surface area (Å²) in [4.78, 5) is 30.6. The molecular weight excluding hydrogens is 539 g/mol. The molecule has 2 N–H and O–H groups in total. The van der Waals surface area contributed by atoms with Crippen LogP contribution in [0.25, 0.3) is 28.1 Å². The number of carbonyl (C=O) groups is 2. The van der Waals surface area contributed by atoms with E-state index >= 15 is 4.39 Å². The van der Waals surface area contributed by atoms with Crippen molar-refractivity contribution >= 4 is 11.8 Å². The second-order valence-corrected chi connectivity index (χ2v) is 10.5. The lowest BCUT2D eigenvalue weighted by atomic mass is 9.95. The average molecular weight is 566 g/mol. The highest BCUT2D eigenvalue weighted by atomic mass is 19.1. The van der Waals surface area contributed by atoms with Gasteiger partial charge in [-0.15, -0.1) is 0 Å². The van der Waals surface area contributed by atoms with Gasteiger partial charge in [0.2, 0.25) is 0 Å². The Bertz CT molecular complexity index is 1710. The van der Waals surface area contributed by atoms with E-state index < -0.39 is 34.8 Å². The number of aromatic nitrogens is 3. The summed E-state index contributed by atoms with van der Waals surface area (Å²) in [5, 5.41) is 4.51. The van der Waals surface area contributed by atoms with E-state index in [-0.39, 0.29) is 40.6 Å². The predicted octanol–water partition coefficient (Wildman–Crippen LogP) is 4.89. The maximum Gasteiger partial charge on any atom is 0.274 e. The normalized spacial score (nSPS) is 12.3. The lowest BCUT2D eigenvalue weighted by Crippen LogP contribution is -2.43. The molecule has 0 unspecified atom stereocenters. The topological polar surface area (TPSA) is 113 Å². The van der Waals surface area contributed by atoms with Crippen LogP contribution in [0.3, 0.4) is 0 Å². The van der Waals surface area contributed by atoms with Crippen LogP contribution in [0.15, 0.2) is 42.6 Å². The summed E-state index contributed by atoms with van der Waals surface area (Å²) < 4.78 is 56.5. The van der Waals surface area contributed by atoms with Gasteiger partial charge in [-0.3, -0.25) is 9.59 Å². The summed E-state index contributed by atoms with van der Waals surface area (Å²) in [7, 11) is 3.01. The summed E-state index contributed by atoms with van der Waals surface area (Å²) in [5.41, 5.74) is 5.88. The van der Waals surface area contributed by atoms with Gasteiger partial charge in [0.25, 0.3) is 11.8 Å². The summed E-state index contributed by atoms with van der Waals surface area (Å²) >= 11 is 0. The fourth-order valence-electron chi connectivity index (χ4n) is 4.52. The molecule has 0 saturated heterocycles. The molecular formula is C29H26F3N5O4. The molecule has 1 aliphatic heterocycles. The zero-order valence-electron chi connectivity index (χ0n) is 22.9. The molecule has 2 aromatic heterocycles. The van der Waals surface area contributed by atoms with Gasteiger partial charge in [0.05, 0.1) is 24.7 Å². The molecule has 0 fully saturated rings. The Morgan fingerprint density at radius 1 is 1.02 bits per heavy atom. The predicted molar refractivity (Wildman–Crippen MR) is 143 cm³/mol. The highest BCUT2D eigenvalue weighted by Crippen LogP contribution is 2.46. The second-order valence-electron chi connectivity index (χ2n) is 10.5. The molecule has 0 aliphatic carbocycles. The molecule has 0 atom stereocenters. The van der Waals surface area contributed by atoms with E-state index in [1.54, 1.807) is 7.05 Å². The van der Waals surface area contributed by atoms with E-state index in [2.05, 4.69) is 10.1 Å². The van der Waals surface area contributed by atoms with Gasteiger partial charge in [-0.25, -0.2) is 22.8 Å². The van der Waals surface area contributed by atoms with Crippen molar-refractivity contribution in [3.63, 3.8) is 0 Å². The number of methoxy groups -OCH3 is 1. The number of fused-ring (bicyclic) bond motifs is 3. The van der Waals surface area contributed by atoms with Crippen LogP contribution in [0, 0.1) is 17.5 Å². The van der Waals surface area contributed by atoms with Crippen molar-refractivity contribution in [2.24, 2.45) is 5.73 Å². The quantitative estimate of drug-likeness (QED) is 0.369. The van der Waals surface area contributed by atoms with E-state index in [0.29, 0.717) is 22.6 Å². The third kappa shape index (κ3) is 4.85. The first-order valence-corrected chi connectivity index (χ1v) is 12.5. The molecule has 0 spiro atoms. The third-order valence-corrected chi connectivity index (χ3v) is 6.92. The number of nitrogens with two attached hydrogens (primary N) is 1. The Morgan fingerprint density at radius 3 is 2.32 bits per heavy atom. The third-order valence-electron chi connectivity index (χ3n) is 6.92. The van der Waals surface area contributed by atoms with Crippen molar-refractivity contribution < 1.29 is 32.2 Å². The van der Waals surface area contributed by atoms with Gasteiger partial charge < -0.3 is 20.1 Å². The molecule has 4 aromatic rings. The number of rotatable bonds is 5. The number of halogens is 3. The Hall–Kier alpha value is -4.87. The van der Waals surface area contributed by atoms with Crippen LogP contribution in [0.1, 0.15) is 47.3 Å². The lowest BCUT2D eigenvalue weighted by Gasteiger charge is -2.31. The molecule has 41 heavy (non-hydrogen) atoms. The van der Waals surface area contributed by atoms with Gasteiger partial charge in [0, 0.05) is 47.0 Å². The first-order chi connectivity index (χ1) is 19.3. The average Bonchev–Trinajstić information content (AvgIpc) is 3.31. The number of amides is 2. The number of hydrogen-bond acceptors (Lipinski definition) is 6. The standard InChI is InChI=1S/C29H26F3N5O4/c1-29(2,3)36(4)28(39)25-20-13-41-24-11-23(40-5)18(17-10-22(27(33)38)34-12-21(17)32)9-19(24)26(20)37(35-25)16-7-14(30)6-15(31)8-16/h6-12H,13H2,1-5H3,(H2,33,38). The van der Waals surface area contributed by atoms with Gasteiger partial charge in [-0.05, 0) is 45.0 Å². The molecule has 212 valence electrons. The minimum Gasteiger partial charge on any atom is -0.496 e. The fraction of sp³-hybridized carbons (Fsp3) is 0.241. The molecule has 1 aliphatic rings. The highest BCUT2D eigenvalue weighted by Gasteiger charge is 2.35. The van der Waals surface area contributed by atoms with Gasteiger partial charge in [-0.2, -0.15) is 5.10 Å². The number of nitrogens with zero attached hydrogens (tertiary/aromatic N) is 4. The molecule has 0 radical (unpaired) electrons. The maximum atomic E-state index is 15.1. The monoisotopic (exact) mass is 565 g/mol. The van der Waals surface area contributed by atoms with Crippen LogP contribution < -0.4 is 15.2 Å². The number of ether oxygens (including phenoxy) is 2. The van der Waals surface area contributed by atoms with Crippen molar-refractivity contribution in [2.75, 3.05) is 14.2 Å². The smallest absolute Gasteiger partial charge is 0.274 e. The second kappa shape index (κ2) is 9.95. The minimum atomic E-state index is -0.855. The van der Waals surface area contributed by atoms with Crippen molar-refractivity contribution in [3.8, 4) is 39.6 Å². The van der Waals surface area contributed by atoms with Gasteiger partial charge >= 0.3 is 0 Å². The Labute approximate surface area is 233 Å². The SMILES string of the molecule is COc1cc2c(cc1-c1cc(C(N)=O)ncc1F)-c1c(c(C(=O)N(C)C(C)(C)C)nn1-c1cc(F)cc(F)c1)CO2. The summed E-state index contributed by atoms with van der Waals surface area (Å²) in [6.07, 6.45) is 0.870. The van der Waals surface area contributed by atoms with Gasteiger partial charge in [-0.1, -0.05) is 0 Å². The molecule has 0 bridgehead atoms. The molecule has 2 aromatic carbocycles. The van der Waals surface area contributed by atoms with Crippen LogP contribution in [0.5, 0.6) is 11.5 Å². The number of benzene rings is 2. The molecule has 3 heterocycles. The fourth-order valence-corrected chi connectivity index (χ4v) is 4.52. The lowest BCUT2D eigenvalue weighted by molar-refractivity contribution is 0.0646. The highest BCUT2D eigenvalue weighted by molar-refractivity contribution is 5.97. The van der Waals surface area contributed by atoms with E-state index in [0.717, 1.165) is 24.4 Å². The van der Waals surface area contributed by atoms with E-state index in [1.807, 2.05) is 20.8 Å². The van der Waals surface area contributed by atoms with Crippen LogP contribution in [0.2, 0.25) is 0 Å². The number of carbonyl (C=O) groups excluding carboxylic acids is 2. The molecule has 9 nitrogen and oxygen atoms in total. The maximum absolute atomic E-state index is 15.1. The Kier molecular flexibility index (Phi) is 6.72. The summed E-state index contributed by atoms with van der Waals surface area (Å²) in [6.45, 7) is 5.47. The van der Waals surface area contributed by atoms with Crippen molar-refractivity contribution in [3.05, 3.63) is 77.0 Å². The molecule has 12 heteroatoms. The molecule has 5 rings (SSSR count). The van der Waals surface area contributed by atoms with Gasteiger partial charge in [0.1, 0.15) is 41.3 Å². The van der Waals surface area contributed by atoms with Crippen molar-refractivity contribution in [1.82, 2.24) is 19.7 Å². The summed E-state index contributed by atoms with van der Waals surface area (Å²) in [5.74, 6) is -3.23. The van der Waals surface area contributed by atoms with E-state index in [4.69, 9.17) is 15.2 Å². The first kappa shape index (κ1) is 27.7. The first-order valence-electron chi connectivity index (χ1n) is 12.5. The Morgan fingerprint density at radius 2 is 1.71 bits per heavy atom. The zero-order valence-corrected chi connectivity index (χ0v) is 22.9. The van der Waals surface area contributed by atoms with Crippen LogP contribution in [-0.2, 0) is 6.61 Å². The Balaban J connectivity index is 1.81.